The molecule has 0 saturated carbocycles. The van der Waals surface area contributed by atoms with Crippen molar-refractivity contribution in [3.05, 3.63) is 60.9 Å². The van der Waals surface area contributed by atoms with E-state index in [0.29, 0.717) is 21.4 Å². The molecular formula is C15H12Cl2N2O5S. The molecule has 1 amide bonds. The summed E-state index contributed by atoms with van der Waals surface area (Å²) >= 11 is 12.4. The number of ether oxygens (including phenoxy) is 1. The van der Waals surface area contributed by atoms with Crippen LogP contribution in [0.25, 0.3) is 0 Å². The standard InChI is InChI=1S/C15H12Cl2N2O5S/c1-8(9-2-3-10(16)11(17)6-9)18-13(20)7-24-15(21)12-4-5-14(25-12)19(22)23/h2-6,8H,7H2,1H3,(H,18,20)/t8-/m0/s1. The Morgan fingerprint density at radius 1 is 1.28 bits per heavy atom. The molecule has 2 aromatic rings. The quantitative estimate of drug-likeness (QED) is 0.447. The fraction of sp³-hybridized carbons (Fsp3) is 0.200. The molecule has 0 aliphatic rings. The summed E-state index contributed by atoms with van der Waals surface area (Å²) in [4.78, 5) is 33.7. The molecule has 0 radical (unpaired) electrons. The lowest BCUT2D eigenvalue weighted by atomic mass is 10.1. The molecule has 7 nitrogen and oxygen atoms in total. The van der Waals surface area contributed by atoms with Gasteiger partial charge in [0.2, 0.25) is 0 Å². The van der Waals surface area contributed by atoms with E-state index in [9.17, 15) is 19.7 Å². The van der Waals surface area contributed by atoms with Crippen LogP contribution in [0.4, 0.5) is 5.00 Å². The minimum atomic E-state index is -0.796. The summed E-state index contributed by atoms with van der Waals surface area (Å²) in [5.41, 5.74) is 0.739. The normalized spacial score (nSPS) is 11.6. The van der Waals surface area contributed by atoms with Crippen molar-refractivity contribution in [3.63, 3.8) is 0 Å². The molecule has 0 aliphatic heterocycles. The molecule has 2 rings (SSSR count). The first-order valence-corrected chi connectivity index (χ1v) is 8.51. The number of hydrogen-bond donors (Lipinski definition) is 1. The summed E-state index contributed by atoms with van der Waals surface area (Å²) in [5.74, 6) is -1.31. The highest BCUT2D eigenvalue weighted by atomic mass is 35.5. The predicted molar refractivity (Wildman–Crippen MR) is 94.3 cm³/mol. The molecule has 0 bridgehead atoms. The number of esters is 1. The number of nitro groups is 1. The molecule has 0 spiro atoms. The predicted octanol–water partition coefficient (Wildman–Crippen LogP) is 4.00. The molecule has 0 saturated heterocycles. The topological polar surface area (TPSA) is 98.5 Å². The lowest BCUT2D eigenvalue weighted by Gasteiger charge is -2.15. The Balaban J connectivity index is 1.87. The first kappa shape index (κ1) is 19.2. The Bertz CT molecular complexity index is 824. The van der Waals surface area contributed by atoms with Crippen molar-refractivity contribution in [2.24, 2.45) is 0 Å². The number of carbonyl (C=O) groups is 2. The third kappa shape index (κ3) is 5.15. The van der Waals surface area contributed by atoms with Crippen LogP contribution in [-0.4, -0.2) is 23.4 Å². The molecule has 10 heteroatoms. The van der Waals surface area contributed by atoms with Crippen LogP contribution in [0.1, 0.15) is 28.2 Å². The van der Waals surface area contributed by atoms with Gasteiger partial charge in [-0.25, -0.2) is 4.79 Å². The minimum absolute atomic E-state index is 0.0528. The van der Waals surface area contributed by atoms with Gasteiger partial charge in [0, 0.05) is 6.07 Å². The van der Waals surface area contributed by atoms with Gasteiger partial charge in [0.25, 0.3) is 5.91 Å². The van der Waals surface area contributed by atoms with Gasteiger partial charge in [-0.3, -0.25) is 14.9 Å². The number of rotatable bonds is 6. The monoisotopic (exact) mass is 402 g/mol. The van der Waals surface area contributed by atoms with E-state index in [-0.39, 0.29) is 15.9 Å². The summed E-state index contributed by atoms with van der Waals surface area (Å²) < 4.78 is 4.85. The van der Waals surface area contributed by atoms with Gasteiger partial charge in [0.1, 0.15) is 4.88 Å². The second-order valence-electron chi connectivity index (χ2n) is 4.93. The van der Waals surface area contributed by atoms with Crippen LogP contribution in [0.15, 0.2) is 30.3 Å². The fourth-order valence-corrected chi connectivity index (χ4v) is 2.91. The number of hydrogen-bond acceptors (Lipinski definition) is 6. The van der Waals surface area contributed by atoms with Gasteiger partial charge in [0.15, 0.2) is 6.61 Å². The van der Waals surface area contributed by atoms with Gasteiger partial charge < -0.3 is 10.1 Å². The van der Waals surface area contributed by atoms with E-state index in [2.05, 4.69) is 5.32 Å². The number of thiophene rings is 1. The summed E-state index contributed by atoms with van der Waals surface area (Å²) in [7, 11) is 0. The highest BCUT2D eigenvalue weighted by Crippen LogP contribution is 2.26. The zero-order chi connectivity index (χ0) is 18.6. The van der Waals surface area contributed by atoms with Gasteiger partial charge >= 0.3 is 11.0 Å². The maximum atomic E-state index is 11.9. The van der Waals surface area contributed by atoms with Gasteiger partial charge in [-0.05, 0) is 30.7 Å². The molecule has 1 atom stereocenters. The zero-order valence-electron chi connectivity index (χ0n) is 12.8. The van der Waals surface area contributed by atoms with E-state index in [4.69, 9.17) is 27.9 Å². The van der Waals surface area contributed by atoms with Crippen LogP contribution in [-0.2, 0) is 9.53 Å². The molecule has 0 unspecified atom stereocenters. The SMILES string of the molecule is C[C@H](NC(=O)COC(=O)c1ccc([N+](=O)[O-])s1)c1ccc(Cl)c(Cl)c1. The van der Waals surface area contributed by atoms with E-state index in [1.54, 1.807) is 25.1 Å². The first-order chi connectivity index (χ1) is 11.8. The Kier molecular flexibility index (Phi) is 6.35. The molecule has 25 heavy (non-hydrogen) atoms. The Morgan fingerprint density at radius 3 is 2.60 bits per heavy atom. The van der Waals surface area contributed by atoms with Gasteiger partial charge in [0.05, 0.1) is 21.0 Å². The van der Waals surface area contributed by atoms with Gasteiger partial charge in [-0.2, -0.15) is 0 Å². The summed E-state index contributed by atoms with van der Waals surface area (Å²) in [5, 5.41) is 13.8. The second kappa shape index (κ2) is 8.28. The van der Waals surface area contributed by atoms with Crippen molar-refractivity contribution in [3.8, 4) is 0 Å². The third-order valence-electron chi connectivity index (χ3n) is 3.13. The van der Waals surface area contributed by atoms with Crippen molar-refractivity contribution in [2.45, 2.75) is 13.0 Å². The molecular weight excluding hydrogens is 391 g/mol. The maximum Gasteiger partial charge on any atom is 0.349 e. The zero-order valence-corrected chi connectivity index (χ0v) is 15.2. The highest BCUT2D eigenvalue weighted by Gasteiger charge is 2.18. The lowest BCUT2D eigenvalue weighted by Crippen LogP contribution is -2.31. The van der Waals surface area contributed by atoms with Gasteiger partial charge in [-0.1, -0.05) is 40.6 Å². The van der Waals surface area contributed by atoms with E-state index >= 15 is 0 Å². The number of nitrogens with one attached hydrogen (secondary N) is 1. The minimum Gasteiger partial charge on any atom is -0.451 e. The maximum absolute atomic E-state index is 11.9. The number of nitrogens with zero attached hydrogens (tertiary/aromatic N) is 1. The Labute approximate surface area is 156 Å². The van der Waals surface area contributed by atoms with E-state index in [1.165, 1.54) is 12.1 Å². The van der Waals surface area contributed by atoms with Crippen molar-refractivity contribution in [1.82, 2.24) is 5.32 Å². The van der Waals surface area contributed by atoms with Crippen molar-refractivity contribution in [1.29, 1.82) is 0 Å². The third-order valence-corrected chi connectivity index (χ3v) is 4.88. The summed E-state index contributed by atoms with van der Waals surface area (Å²) in [6, 6.07) is 7.08. The highest BCUT2D eigenvalue weighted by molar-refractivity contribution is 7.17. The van der Waals surface area contributed by atoms with E-state index in [1.807, 2.05) is 0 Å². The fourth-order valence-electron chi connectivity index (χ4n) is 1.89. The summed E-state index contributed by atoms with van der Waals surface area (Å²) in [6.45, 7) is 1.23. The van der Waals surface area contributed by atoms with Crippen LogP contribution in [0, 0.1) is 10.1 Å². The lowest BCUT2D eigenvalue weighted by molar-refractivity contribution is -0.380. The van der Waals surface area contributed by atoms with Crippen LogP contribution in [0.3, 0.4) is 0 Å². The largest absolute Gasteiger partial charge is 0.451 e. The van der Waals surface area contributed by atoms with Crippen molar-refractivity contribution >= 4 is 51.4 Å². The smallest absolute Gasteiger partial charge is 0.349 e. The number of carbonyl (C=O) groups excluding carboxylic acids is 2. The van der Waals surface area contributed by atoms with Crippen LogP contribution >= 0.6 is 34.5 Å². The Hall–Kier alpha value is -2.16. The molecule has 1 aromatic heterocycles. The van der Waals surface area contributed by atoms with Crippen molar-refractivity contribution < 1.29 is 19.2 Å². The average molecular weight is 403 g/mol. The first-order valence-electron chi connectivity index (χ1n) is 6.93. The number of amides is 1. The van der Waals surface area contributed by atoms with E-state index < -0.39 is 23.4 Å². The summed E-state index contributed by atoms with van der Waals surface area (Å²) in [6.07, 6.45) is 0. The number of benzene rings is 1. The van der Waals surface area contributed by atoms with Gasteiger partial charge in [-0.15, -0.1) is 0 Å². The van der Waals surface area contributed by atoms with Crippen LogP contribution in [0.5, 0.6) is 0 Å². The molecule has 1 aromatic carbocycles. The average Bonchev–Trinajstić information content (AvgIpc) is 3.05. The van der Waals surface area contributed by atoms with E-state index in [0.717, 1.165) is 5.56 Å². The molecule has 1 heterocycles. The Morgan fingerprint density at radius 2 is 2.00 bits per heavy atom. The second-order valence-corrected chi connectivity index (χ2v) is 6.81. The number of halogens is 2. The molecule has 0 aliphatic carbocycles. The molecule has 0 fully saturated rings. The van der Waals surface area contributed by atoms with Crippen LogP contribution < -0.4 is 5.32 Å². The van der Waals surface area contributed by atoms with Crippen LogP contribution in [0.2, 0.25) is 10.0 Å². The molecule has 1 N–H and O–H groups in total. The van der Waals surface area contributed by atoms with Crippen molar-refractivity contribution in [2.75, 3.05) is 6.61 Å². The molecule has 132 valence electrons.